The number of amides is 1. The van der Waals surface area contributed by atoms with Crippen molar-refractivity contribution in [1.29, 1.82) is 0 Å². The minimum absolute atomic E-state index is 0.0258. The van der Waals surface area contributed by atoms with Crippen molar-refractivity contribution in [2.45, 2.75) is 29.1 Å². The molecule has 0 atom stereocenters. The van der Waals surface area contributed by atoms with Gasteiger partial charge in [-0.25, -0.2) is 31.3 Å². The number of aromatic nitrogens is 1. The van der Waals surface area contributed by atoms with Crippen LogP contribution in [0.1, 0.15) is 17.7 Å². The van der Waals surface area contributed by atoms with Crippen LogP contribution in [0, 0.1) is 5.82 Å². The van der Waals surface area contributed by atoms with Crippen LogP contribution in [0.4, 0.5) is 9.52 Å². The molecule has 176 valence electrons. The number of benzene rings is 2. The van der Waals surface area contributed by atoms with E-state index in [1.165, 1.54) is 12.1 Å². The monoisotopic (exact) mass is 512 g/mol. The van der Waals surface area contributed by atoms with Crippen LogP contribution < -0.4 is 15.2 Å². The second-order valence-electron chi connectivity index (χ2n) is 6.99. The maximum absolute atomic E-state index is 13.0. The SMILES string of the molecule is NS(=O)(=O)c1ccc(CCNC(=O)CCc2csc(NS(=O)(=O)c3ccc(F)cc3)n2)cc1. The first-order chi connectivity index (χ1) is 15.5. The third-order valence-corrected chi connectivity index (χ3v) is 7.71. The summed E-state index contributed by atoms with van der Waals surface area (Å²) in [7, 11) is -7.62. The van der Waals surface area contributed by atoms with Gasteiger partial charge in [0.25, 0.3) is 10.0 Å². The van der Waals surface area contributed by atoms with E-state index in [1.807, 2.05) is 0 Å². The van der Waals surface area contributed by atoms with Crippen molar-refractivity contribution in [3.8, 4) is 0 Å². The molecule has 1 aromatic heterocycles. The number of nitrogens with one attached hydrogen (secondary N) is 2. The minimum Gasteiger partial charge on any atom is -0.356 e. The molecule has 0 spiro atoms. The predicted octanol–water partition coefficient (Wildman–Crippen LogP) is 2.02. The molecule has 0 saturated heterocycles. The number of nitrogens with zero attached hydrogens (tertiary/aromatic N) is 1. The number of aryl methyl sites for hydroxylation is 1. The van der Waals surface area contributed by atoms with Crippen LogP contribution in [0.5, 0.6) is 0 Å². The van der Waals surface area contributed by atoms with E-state index in [9.17, 15) is 26.0 Å². The number of sulfonamides is 2. The average molecular weight is 513 g/mol. The summed E-state index contributed by atoms with van der Waals surface area (Å²) < 4.78 is 62.5. The van der Waals surface area contributed by atoms with Gasteiger partial charge in [-0.05, 0) is 54.8 Å². The zero-order chi connectivity index (χ0) is 24.1. The van der Waals surface area contributed by atoms with Crippen LogP contribution in [-0.4, -0.2) is 34.3 Å². The molecule has 0 aliphatic carbocycles. The summed E-state index contributed by atoms with van der Waals surface area (Å²) >= 11 is 1.08. The van der Waals surface area contributed by atoms with E-state index in [1.54, 1.807) is 17.5 Å². The Hall–Kier alpha value is -2.87. The highest BCUT2D eigenvalue weighted by molar-refractivity contribution is 7.93. The molecular weight excluding hydrogens is 491 g/mol. The van der Waals surface area contributed by atoms with Crippen molar-refractivity contribution in [2.24, 2.45) is 5.14 Å². The molecule has 3 rings (SSSR count). The Balaban J connectivity index is 1.44. The smallest absolute Gasteiger partial charge is 0.263 e. The van der Waals surface area contributed by atoms with Crippen molar-refractivity contribution >= 4 is 42.4 Å². The number of anilines is 1. The summed E-state index contributed by atoms with van der Waals surface area (Å²) in [5.41, 5.74) is 1.41. The number of nitrogens with two attached hydrogens (primary N) is 1. The van der Waals surface area contributed by atoms with E-state index in [4.69, 9.17) is 5.14 Å². The first-order valence-corrected chi connectivity index (χ1v) is 13.5. The van der Waals surface area contributed by atoms with Gasteiger partial charge < -0.3 is 5.32 Å². The van der Waals surface area contributed by atoms with Crippen molar-refractivity contribution < 1.29 is 26.0 Å². The zero-order valence-corrected chi connectivity index (χ0v) is 19.6. The van der Waals surface area contributed by atoms with E-state index in [-0.39, 0.29) is 27.3 Å². The lowest BCUT2D eigenvalue weighted by atomic mass is 10.1. The van der Waals surface area contributed by atoms with Gasteiger partial charge in [-0.3, -0.25) is 9.52 Å². The molecular formula is C20H21FN4O5S3. The molecule has 9 nitrogen and oxygen atoms in total. The van der Waals surface area contributed by atoms with Crippen LogP contribution in [0.15, 0.2) is 63.7 Å². The number of carbonyl (C=O) groups excluding carboxylic acids is 1. The molecule has 0 bridgehead atoms. The fraction of sp³-hybridized carbons (Fsp3) is 0.200. The van der Waals surface area contributed by atoms with E-state index in [2.05, 4.69) is 15.0 Å². The number of halogens is 1. The van der Waals surface area contributed by atoms with Crippen molar-refractivity contribution in [3.05, 3.63) is 71.0 Å². The maximum atomic E-state index is 13.0. The quantitative estimate of drug-likeness (QED) is 0.378. The van der Waals surface area contributed by atoms with Crippen molar-refractivity contribution in [1.82, 2.24) is 10.3 Å². The summed E-state index contributed by atoms with van der Waals surface area (Å²) in [5.74, 6) is -0.735. The molecule has 2 aromatic carbocycles. The lowest BCUT2D eigenvalue weighted by molar-refractivity contribution is -0.121. The topological polar surface area (TPSA) is 148 Å². The van der Waals surface area contributed by atoms with Crippen LogP contribution in [0.3, 0.4) is 0 Å². The normalized spacial score (nSPS) is 11.8. The molecule has 1 amide bonds. The molecule has 0 radical (unpaired) electrons. The Kier molecular flexibility index (Phi) is 7.79. The fourth-order valence-electron chi connectivity index (χ4n) is 2.78. The maximum Gasteiger partial charge on any atom is 0.263 e. The van der Waals surface area contributed by atoms with E-state index in [0.29, 0.717) is 25.1 Å². The third kappa shape index (κ3) is 7.32. The number of carbonyl (C=O) groups is 1. The molecule has 0 aliphatic heterocycles. The zero-order valence-electron chi connectivity index (χ0n) is 17.2. The number of hydrogen-bond acceptors (Lipinski definition) is 7. The number of rotatable bonds is 10. The van der Waals surface area contributed by atoms with Crippen molar-refractivity contribution in [2.75, 3.05) is 11.3 Å². The van der Waals surface area contributed by atoms with Gasteiger partial charge in [-0.1, -0.05) is 12.1 Å². The number of thiazole rings is 1. The molecule has 0 fully saturated rings. The highest BCUT2D eigenvalue weighted by Crippen LogP contribution is 2.21. The van der Waals surface area contributed by atoms with Gasteiger partial charge in [0, 0.05) is 18.3 Å². The van der Waals surface area contributed by atoms with Gasteiger partial charge in [-0.15, -0.1) is 11.3 Å². The minimum atomic E-state index is -3.89. The lowest BCUT2D eigenvalue weighted by Gasteiger charge is -2.06. The summed E-state index contributed by atoms with van der Waals surface area (Å²) in [6, 6.07) is 10.5. The summed E-state index contributed by atoms with van der Waals surface area (Å²) in [4.78, 5) is 16.2. The fourth-order valence-corrected chi connectivity index (χ4v) is 5.29. The Morgan fingerprint density at radius 2 is 1.61 bits per heavy atom. The first-order valence-electron chi connectivity index (χ1n) is 9.64. The molecule has 3 aromatic rings. The van der Waals surface area contributed by atoms with E-state index < -0.39 is 25.9 Å². The van der Waals surface area contributed by atoms with Gasteiger partial charge in [0.05, 0.1) is 15.5 Å². The number of primary sulfonamides is 1. The number of hydrogen-bond donors (Lipinski definition) is 3. The van der Waals surface area contributed by atoms with Crippen LogP contribution in [0.2, 0.25) is 0 Å². The van der Waals surface area contributed by atoms with Crippen LogP contribution in [0.25, 0.3) is 0 Å². The highest BCUT2D eigenvalue weighted by Gasteiger charge is 2.16. The predicted molar refractivity (Wildman–Crippen MR) is 122 cm³/mol. The van der Waals surface area contributed by atoms with Gasteiger partial charge >= 0.3 is 0 Å². The standard InChI is InChI=1S/C20H21FN4O5S3/c21-15-3-8-18(9-4-15)33(29,30)25-20-24-16(13-31-20)5-10-19(26)23-12-11-14-1-6-17(7-2-14)32(22,27)28/h1-4,6-9,13H,5,10-12H2,(H,23,26)(H,24,25)(H2,22,27,28). The van der Waals surface area contributed by atoms with E-state index >= 15 is 0 Å². The van der Waals surface area contributed by atoms with E-state index in [0.717, 1.165) is 41.2 Å². The average Bonchev–Trinajstić information content (AvgIpc) is 3.19. The van der Waals surface area contributed by atoms with Crippen LogP contribution in [-0.2, 0) is 37.7 Å². The summed E-state index contributed by atoms with van der Waals surface area (Å²) in [5, 5.41) is 9.63. The van der Waals surface area contributed by atoms with Gasteiger partial charge in [0.2, 0.25) is 15.9 Å². The summed E-state index contributed by atoms with van der Waals surface area (Å²) in [6.07, 6.45) is 1.00. The molecule has 0 saturated carbocycles. The lowest BCUT2D eigenvalue weighted by Crippen LogP contribution is -2.25. The van der Waals surface area contributed by atoms with Gasteiger partial charge in [0.15, 0.2) is 5.13 Å². The summed E-state index contributed by atoms with van der Waals surface area (Å²) in [6.45, 7) is 0.368. The van der Waals surface area contributed by atoms with Gasteiger partial charge in [-0.2, -0.15) is 0 Å². The Morgan fingerprint density at radius 3 is 2.24 bits per heavy atom. The molecule has 13 heteroatoms. The Morgan fingerprint density at radius 1 is 0.970 bits per heavy atom. The Labute approximate surface area is 195 Å². The van der Waals surface area contributed by atoms with Crippen molar-refractivity contribution in [3.63, 3.8) is 0 Å². The molecule has 0 aliphatic rings. The highest BCUT2D eigenvalue weighted by atomic mass is 32.2. The Bertz CT molecular complexity index is 1320. The second kappa shape index (κ2) is 10.4. The molecule has 0 unspecified atom stereocenters. The second-order valence-corrected chi connectivity index (χ2v) is 11.1. The third-order valence-electron chi connectivity index (χ3n) is 4.49. The van der Waals surface area contributed by atoms with Crippen LogP contribution >= 0.6 is 11.3 Å². The molecule has 33 heavy (non-hydrogen) atoms. The molecule has 1 heterocycles. The molecule has 4 N–H and O–H groups in total. The first kappa shape index (κ1) is 24.8. The largest absolute Gasteiger partial charge is 0.356 e. The van der Waals surface area contributed by atoms with Gasteiger partial charge in [0.1, 0.15) is 5.82 Å².